The van der Waals surface area contributed by atoms with Gasteiger partial charge in [0.1, 0.15) is 0 Å². The molecule has 0 aromatic carbocycles. The second-order valence-electron chi connectivity index (χ2n) is 6.48. The first kappa shape index (κ1) is 16.0. The molecule has 2 nitrogen and oxygen atoms in total. The molecule has 0 bridgehead atoms. The van der Waals surface area contributed by atoms with Crippen LogP contribution in [0.4, 0.5) is 0 Å². The number of rotatable bonds is 5. The van der Waals surface area contributed by atoms with Crippen molar-refractivity contribution < 1.29 is 4.79 Å². The van der Waals surface area contributed by atoms with Crippen LogP contribution in [-0.4, -0.2) is 16.8 Å². The minimum Gasteiger partial charge on any atom is -0.350 e. The first-order valence-corrected chi connectivity index (χ1v) is 8.42. The van der Waals surface area contributed by atoms with Gasteiger partial charge in [-0.25, -0.2) is 0 Å². The first-order valence-electron chi connectivity index (χ1n) is 7.30. The maximum Gasteiger partial charge on any atom is 0.224 e. The molecule has 0 heterocycles. The highest BCUT2D eigenvalue weighted by Gasteiger charge is 2.35. The maximum atomic E-state index is 12.5. The quantitative estimate of drug-likeness (QED) is 0.759. The Bertz CT molecular complexity index is 262. The van der Waals surface area contributed by atoms with Crippen molar-refractivity contribution in [1.29, 1.82) is 0 Å². The van der Waals surface area contributed by atoms with Crippen molar-refractivity contribution in [3.63, 3.8) is 0 Å². The maximum absolute atomic E-state index is 12.5. The molecule has 3 heteroatoms. The number of amides is 1. The SMILES string of the molecule is CC(C)C(C(=O)NC1(CBr)CCCCC1)C(C)C. The van der Waals surface area contributed by atoms with E-state index in [0.29, 0.717) is 11.8 Å². The lowest BCUT2D eigenvalue weighted by Crippen LogP contribution is -2.54. The van der Waals surface area contributed by atoms with Crippen LogP contribution in [-0.2, 0) is 4.79 Å². The Morgan fingerprint density at radius 3 is 2.00 bits per heavy atom. The topological polar surface area (TPSA) is 29.1 Å². The van der Waals surface area contributed by atoms with Gasteiger partial charge >= 0.3 is 0 Å². The van der Waals surface area contributed by atoms with Gasteiger partial charge in [0.15, 0.2) is 0 Å². The van der Waals surface area contributed by atoms with Crippen LogP contribution in [0.25, 0.3) is 0 Å². The first-order chi connectivity index (χ1) is 8.42. The summed E-state index contributed by atoms with van der Waals surface area (Å²) in [7, 11) is 0. The zero-order valence-corrected chi connectivity index (χ0v) is 13.8. The third kappa shape index (κ3) is 3.97. The summed E-state index contributed by atoms with van der Waals surface area (Å²) < 4.78 is 0. The number of hydrogen-bond donors (Lipinski definition) is 1. The molecule has 1 amide bonds. The normalized spacial score (nSPS) is 19.6. The van der Waals surface area contributed by atoms with E-state index >= 15 is 0 Å². The Kier molecular flexibility index (Phi) is 6.16. The summed E-state index contributed by atoms with van der Waals surface area (Å²) in [5, 5.41) is 4.24. The summed E-state index contributed by atoms with van der Waals surface area (Å²) in [4.78, 5) is 12.5. The second-order valence-corrected chi connectivity index (χ2v) is 7.04. The second kappa shape index (κ2) is 6.93. The fourth-order valence-corrected chi connectivity index (χ4v) is 3.94. The van der Waals surface area contributed by atoms with Gasteiger partial charge in [0.05, 0.1) is 0 Å². The molecule has 1 N–H and O–H groups in total. The van der Waals surface area contributed by atoms with Gasteiger partial charge in [-0.3, -0.25) is 4.79 Å². The smallest absolute Gasteiger partial charge is 0.224 e. The number of carbonyl (C=O) groups is 1. The number of alkyl halides is 1. The van der Waals surface area contributed by atoms with E-state index in [1.807, 2.05) is 0 Å². The Labute approximate surface area is 120 Å². The van der Waals surface area contributed by atoms with E-state index in [2.05, 4.69) is 48.9 Å². The van der Waals surface area contributed by atoms with Gasteiger partial charge in [-0.1, -0.05) is 62.9 Å². The Morgan fingerprint density at radius 1 is 1.11 bits per heavy atom. The van der Waals surface area contributed by atoms with E-state index in [4.69, 9.17) is 0 Å². The van der Waals surface area contributed by atoms with Crippen molar-refractivity contribution in [3.05, 3.63) is 0 Å². The monoisotopic (exact) mass is 317 g/mol. The van der Waals surface area contributed by atoms with Crippen molar-refractivity contribution in [2.45, 2.75) is 65.3 Å². The number of hydrogen-bond acceptors (Lipinski definition) is 1. The molecule has 18 heavy (non-hydrogen) atoms. The van der Waals surface area contributed by atoms with Gasteiger partial charge in [-0.2, -0.15) is 0 Å². The summed E-state index contributed by atoms with van der Waals surface area (Å²) in [5.41, 5.74) is 0.0113. The molecule has 1 fully saturated rings. The minimum atomic E-state index is 0.0113. The molecular formula is C15H28BrNO. The zero-order chi connectivity index (χ0) is 13.8. The average molecular weight is 318 g/mol. The molecular weight excluding hydrogens is 290 g/mol. The molecule has 0 radical (unpaired) electrons. The molecule has 0 unspecified atom stereocenters. The van der Waals surface area contributed by atoms with E-state index < -0.39 is 0 Å². The highest BCUT2D eigenvalue weighted by atomic mass is 79.9. The van der Waals surface area contributed by atoms with E-state index in [1.165, 1.54) is 19.3 Å². The van der Waals surface area contributed by atoms with Crippen LogP contribution in [0.3, 0.4) is 0 Å². The van der Waals surface area contributed by atoms with Crippen LogP contribution >= 0.6 is 15.9 Å². The summed E-state index contributed by atoms with van der Waals surface area (Å²) in [6.45, 7) is 8.58. The molecule has 1 saturated carbocycles. The number of halogens is 1. The predicted octanol–water partition coefficient (Wildman–Crippen LogP) is 4.13. The summed E-state index contributed by atoms with van der Waals surface area (Å²) >= 11 is 3.61. The predicted molar refractivity (Wildman–Crippen MR) is 80.9 cm³/mol. The van der Waals surface area contributed by atoms with Crippen molar-refractivity contribution in [3.8, 4) is 0 Å². The lowest BCUT2D eigenvalue weighted by molar-refractivity contribution is -0.130. The van der Waals surface area contributed by atoms with E-state index in [0.717, 1.165) is 18.2 Å². The van der Waals surface area contributed by atoms with Gasteiger partial charge < -0.3 is 5.32 Å². The third-order valence-electron chi connectivity index (χ3n) is 4.19. The van der Waals surface area contributed by atoms with Gasteiger partial charge in [-0.05, 0) is 24.7 Å². The van der Waals surface area contributed by atoms with Crippen molar-refractivity contribution in [2.75, 3.05) is 5.33 Å². The van der Waals surface area contributed by atoms with Crippen LogP contribution in [0.2, 0.25) is 0 Å². The van der Waals surface area contributed by atoms with Gasteiger partial charge in [0.25, 0.3) is 0 Å². The van der Waals surface area contributed by atoms with E-state index in [9.17, 15) is 4.79 Å². The summed E-state index contributed by atoms with van der Waals surface area (Å²) in [5.74, 6) is 1.19. The zero-order valence-electron chi connectivity index (χ0n) is 12.3. The van der Waals surface area contributed by atoms with Crippen molar-refractivity contribution >= 4 is 21.8 Å². The summed E-state index contributed by atoms with van der Waals surface area (Å²) in [6, 6.07) is 0. The molecule has 0 aromatic heterocycles. The molecule has 0 aliphatic heterocycles. The van der Waals surface area contributed by atoms with Gasteiger partial charge in [-0.15, -0.1) is 0 Å². The summed E-state index contributed by atoms with van der Waals surface area (Å²) in [6.07, 6.45) is 6.02. The van der Waals surface area contributed by atoms with Crippen LogP contribution < -0.4 is 5.32 Å². The minimum absolute atomic E-state index is 0.0113. The fourth-order valence-electron chi connectivity index (χ4n) is 3.24. The standard InChI is InChI=1S/C15H28BrNO/c1-11(2)13(12(3)4)14(18)17-15(10-16)8-6-5-7-9-15/h11-13H,5-10H2,1-4H3,(H,17,18). The molecule has 1 rings (SSSR count). The molecule has 106 valence electrons. The molecule has 0 aromatic rings. The van der Waals surface area contributed by atoms with Crippen LogP contribution in [0.15, 0.2) is 0 Å². The van der Waals surface area contributed by atoms with Gasteiger partial charge in [0, 0.05) is 16.8 Å². The molecule has 0 spiro atoms. The Morgan fingerprint density at radius 2 is 1.61 bits per heavy atom. The average Bonchev–Trinajstić information content (AvgIpc) is 2.29. The number of carbonyl (C=O) groups excluding carboxylic acids is 1. The lowest BCUT2D eigenvalue weighted by atomic mass is 9.80. The van der Waals surface area contributed by atoms with Gasteiger partial charge in [0.2, 0.25) is 5.91 Å². The number of nitrogens with one attached hydrogen (secondary N) is 1. The van der Waals surface area contributed by atoms with Crippen LogP contribution in [0.5, 0.6) is 0 Å². The largest absolute Gasteiger partial charge is 0.350 e. The molecule has 0 saturated heterocycles. The fraction of sp³-hybridized carbons (Fsp3) is 0.933. The van der Waals surface area contributed by atoms with Crippen LogP contribution in [0.1, 0.15) is 59.8 Å². The Hall–Kier alpha value is -0.0500. The molecule has 1 aliphatic rings. The molecule has 0 atom stereocenters. The highest BCUT2D eigenvalue weighted by Crippen LogP contribution is 2.31. The highest BCUT2D eigenvalue weighted by molar-refractivity contribution is 9.09. The molecule has 1 aliphatic carbocycles. The Balaban J connectivity index is 2.71. The van der Waals surface area contributed by atoms with E-state index in [1.54, 1.807) is 0 Å². The van der Waals surface area contributed by atoms with Crippen LogP contribution in [0, 0.1) is 17.8 Å². The third-order valence-corrected chi connectivity index (χ3v) is 5.27. The van der Waals surface area contributed by atoms with Crippen molar-refractivity contribution in [1.82, 2.24) is 5.32 Å². The van der Waals surface area contributed by atoms with E-state index in [-0.39, 0.29) is 17.4 Å². The lowest BCUT2D eigenvalue weighted by Gasteiger charge is -2.39. The van der Waals surface area contributed by atoms with Crippen molar-refractivity contribution in [2.24, 2.45) is 17.8 Å².